The van der Waals surface area contributed by atoms with Crippen LogP contribution < -0.4 is 15.4 Å². The fourth-order valence-corrected chi connectivity index (χ4v) is 5.52. The van der Waals surface area contributed by atoms with Gasteiger partial charge in [-0.2, -0.15) is 13.2 Å². The fraction of sp³-hybridized carbons (Fsp3) is 0.333. The number of piperidine rings is 1. The Hall–Kier alpha value is -3.81. The van der Waals surface area contributed by atoms with Gasteiger partial charge in [0.15, 0.2) is 0 Å². The summed E-state index contributed by atoms with van der Waals surface area (Å²) in [5.41, 5.74) is 4.28. The van der Waals surface area contributed by atoms with E-state index < -0.39 is 41.9 Å². The Labute approximate surface area is 219 Å². The highest BCUT2D eigenvalue weighted by atomic mass is 19.4. The second-order valence-electron chi connectivity index (χ2n) is 10.2. The molecule has 38 heavy (non-hydrogen) atoms. The van der Waals surface area contributed by atoms with Crippen molar-refractivity contribution in [1.82, 2.24) is 10.6 Å². The van der Waals surface area contributed by atoms with Crippen LogP contribution in [0, 0.1) is 25.7 Å². The third-order valence-corrected chi connectivity index (χ3v) is 7.50. The van der Waals surface area contributed by atoms with Crippen molar-refractivity contribution in [2.45, 2.75) is 51.4 Å². The number of fused-ring (bicyclic) bond motifs is 2. The maximum absolute atomic E-state index is 13.9. The molecule has 0 bridgehead atoms. The number of benzene rings is 3. The predicted molar refractivity (Wildman–Crippen MR) is 137 cm³/mol. The summed E-state index contributed by atoms with van der Waals surface area (Å²) in [6, 6.07) is 17.9. The number of carbonyl (C=O) groups is 2. The first-order chi connectivity index (χ1) is 18.1. The molecule has 1 fully saturated rings. The van der Waals surface area contributed by atoms with E-state index in [1.807, 2.05) is 80.6 Å². The highest BCUT2D eigenvalue weighted by molar-refractivity contribution is 6.01. The zero-order valence-corrected chi connectivity index (χ0v) is 21.1. The smallest absolute Gasteiger partial charge is 0.408 e. The summed E-state index contributed by atoms with van der Waals surface area (Å²) < 4.78 is 47.7. The molecular weight excluding hydrogens is 493 g/mol. The molecule has 8 heteroatoms. The number of halogens is 3. The highest BCUT2D eigenvalue weighted by Crippen LogP contribution is 2.45. The number of aryl methyl sites for hydroxylation is 3. The monoisotopic (exact) mass is 522 g/mol. The van der Waals surface area contributed by atoms with Gasteiger partial charge in [-0.25, -0.2) is 0 Å². The third-order valence-electron chi connectivity index (χ3n) is 7.50. The van der Waals surface area contributed by atoms with Crippen molar-refractivity contribution in [3.63, 3.8) is 0 Å². The van der Waals surface area contributed by atoms with Crippen LogP contribution in [0.25, 0.3) is 0 Å². The highest BCUT2D eigenvalue weighted by Gasteiger charge is 2.51. The molecule has 0 aliphatic carbocycles. The zero-order valence-electron chi connectivity index (χ0n) is 21.1. The van der Waals surface area contributed by atoms with Crippen molar-refractivity contribution < 1.29 is 27.5 Å². The second-order valence-corrected chi connectivity index (χ2v) is 10.2. The molecule has 4 atom stereocenters. The average Bonchev–Trinajstić information content (AvgIpc) is 2.87. The Morgan fingerprint density at radius 3 is 2.53 bits per heavy atom. The number of alkyl halides is 3. The van der Waals surface area contributed by atoms with E-state index in [0.717, 1.165) is 27.8 Å². The van der Waals surface area contributed by atoms with Crippen LogP contribution in [-0.4, -0.2) is 24.0 Å². The molecule has 2 heterocycles. The van der Waals surface area contributed by atoms with Crippen LogP contribution in [0.5, 0.6) is 11.5 Å². The van der Waals surface area contributed by atoms with E-state index in [0.29, 0.717) is 17.9 Å². The standard InChI is InChI=1S/C30H29F3N2O3/c1-17-11-14-21-24(15-17)38-23-10-6-7-18(2)25(23)26(21)34-28(36)22-16-20(13-12-19-8-4-3-5-9-19)27(30(31,32)33)35-29(22)37/h3-11,14-15,20,22,26-27H,12-13,16H2,1-2H3,(H,34,36)(H,35,37). The lowest BCUT2D eigenvalue weighted by molar-refractivity contribution is -0.182. The van der Waals surface area contributed by atoms with Gasteiger partial charge < -0.3 is 15.4 Å². The number of carbonyl (C=O) groups excluding carboxylic acids is 2. The Balaban J connectivity index is 1.41. The Morgan fingerprint density at radius 1 is 1.03 bits per heavy atom. The maximum atomic E-state index is 13.9. The number of ether oxygens (including phenoxy) is 1. The van der Waals surface area contributed by atoms with Gasteiger partial charge in [-0.15, -0.1) is 0 Å². The van der Waals surface area contributed by atoms with E-state index >= 15 is 0 Å². The second kappa shape index (κ2) is 10.2. The van der Waals surface area contributed by atoms with Gasteiger partial charge in [0.1, 0.15) is 23.5 Å². The zero-order chi connectivity index (χ0) is 27.0. The quantitative estimate of drug-likeness (QED) is 0.408. The molecule has 3 aromatic rings. The molecule has 3 aromatic carbocycles. The van der Waals surface area contributed by atoms with Gasteiger partial charge in [-0.3, -0.25) is 9.59 Å². The van der Waals surface area contributed by atoms with Crippen molar-refractivity contribution in [2.24, 2.45) is 11.8 Å². The number of amides is 2. The summed E-state index contributed by atoms with van der Waals surface area (Å²) in [6.07, 6.45) is -4.17. The Morgan fingerprint density at radius 2 is 1.79 bits per heavy atom. The minimum Gasteiger partial charge on any atom is -0.457 e. The lowest BCUT2D eigenvalue weighted by atomic mass is 9.79. The van der Waals surface area contributed by atoms with Gasteiger partial charge in [0.05, 0.1) is 6.04 Å². The molecule has 0 saturated carbocycles. The number of hydrogen-bond donors (Lipinski definition) is 2. The molecule has 198 valence electrons. The normalized spacial score (nSPS) is 22.5. The first kappa shape index (κ1) is 25.8. The minimum absolute atomic E-state index is 0.181. The number of nitrogens with one attached hydrogen (secondary N) is 2. The summed E-state index contributed by atoms with van der Waals surface area (Å²) in [5.74, 6) is -2.47. The van der Waals surface area contributed by atoms with Crippen LogP contribution in [0.15, 0.2) is 66.7 Å². The average molecular weight is 523 g/mol. The Bertz CT molecular complexity index is 1360. The molecule has 2 aliphatic heterocycles. The van der Waals surface area contributed by atoms with Crippen molar-refractivity contribution in [1.29, 1.82) is 0 Å². The molecule has 2 N–H and O–H groups in total. The molecule has 4 unspecified atom stereocenters. The molecule has 2 amide bonds. The largest absolute Gasteiger partial charge is 0.457 e. The number of rotatable bonds is 5. The summed E-state index contributed by atoms with van der Waals surface area (Å²) in [5, 5.41) is 5.10. The van der Waals surface area contributed by atoms with E-state index in [1.165, 1.54) is 0 Å². The van der Waals surface area contributed by atoms with Crippen LogP contribution in [0.1, 0.15) is 46.7 Å². The van der Waals surface area contributed by atoms with Crippen LogP contribution in [-0.2, 0) is 16.0 Å². The molecule has 1 saturated heterocycles. The molecule has 5 nitrogen and oxygen atoms in total. The van der Waals surface area contributed by atoms with E-state index in [1.54, 1.807) is 0 Å². The molecule has 0 radical (unpaired) electrons. The Kier molecular flexibility index (Phi) is 6.90. The van der Waals surface area contributed by atoms with Gasteiger partial charge in [-0.1, -0.05) is 54.6 Å². The lowest BCUT2D eigenvalue weighted by Crippen LogP contribution is -2.59. The van der Waals surface area contributed by atoms with Crippen LogP contribution in [0.3, 0.4) is 0 Å². The summed E-state index contributed by atoms with van der Waals surface area (Å²) in [4.78, 5) is 26.4. The first-order valence-electron chi connectivity index (χ1n) is 12.7. The number of hydrogen-bond acceptors (Lipinski definition) is 3. The van der Waals surface area contributed by atoms with E-state index in [-0.39, 0.29) is 12.8 Å². The first-order valence-corrected chi connectivity index (χ1v) is 12.7. The minimum atomic E-state index is -4.61. The SMILES string of the molecule is Cc1ccc2c(c1)Oc1cccc(C)c1C2NC(=O)C1CC(CCc2ccccc2)C(C(F)(F)F)NC1=O. The van der Waals surface area contributed by atoms with Crippen LogP contribution >= 0.6 is 0 Å². The van der Waals surface area contributed by atoms with Crippen molar-refractivity contribution in [2.75, 3.05) is 0 Å². The topological polar surface area (TPSA) is 67.4 Å². The van der Waals surface area contributed by atoms with E-state index in [9.17, 15) is 22.8 Å². The van der Waals surface area contributed by atoms with E-state index in [4.69, 9.17) is 4.74 Å². The maximum Gasteiger partial charge on any atom is 0.408 e. The van der Waals surface area contributed by atoms with Gasteiger partial charge in [0, 0.05) is 11.1 Å². The van der Waals surface area contributed by atoms with Gasteiger partial charge >= 0.3 is 6.18 Å². The van der Waals surface area contributed by atoms with Crippen molar-refractivity contribution >= 4 is 11.8 Å². The molecule has 2 aliphatic rings. The van der Waals surface area contributed by atoms with Crippen LogP contribution in [0.4, 0.5) is 13.2 Å². The van der Waals surface area contributed by atoms with Crippen LogP contribution in [0.2, 0.25) is 0 Å². The van der Waals surface area contributed by atoms with Gasteiger partial charge in [-0.05, 0) is 67.9 Å². The molecular formula is C30H29F3N2O3. The fourth-order valence-electron chi connectivity index (χ4n) is 5.52. The lowest BCUT2D eigenvalue weighted by Gasteiger charge is -2.38. The molecule has 5 rings (SSSR count). The van der Waals surface area contributed by atoms with E-state index in [2.05, 4.69) is 10.6 Å². The third kappa shape index (κ3) is 5.12. The summed E-state index contributed by atoms with van der Waals surface area (Å²) in [6.45, 7) is 3.84. The predicted octanol–water partition coefficient (Wildman–Crippen LogP) is 5.93. The molecule has 0 spiro atoms. The van der Waals surface area contributed by atoms with Crippen molar-refractivity contribution in [3.8, 4) is 11.5 Å². The summed E-state index contributed by atoms with van der Waals surface area (Å²) in [7, 11) is 0. The molecule has 0 aromatic heterocycles. The van der Waals surface area contributed by atoms with Crippen molar-refractivity contribution in [3.05, 3.63) is 94.5 Å². The summed E-state index contributed by atoms with van der Waals surface area (Å²) >= 11 is 0. The van der Waals surface area contributed by atoms with Gasteiger partial charge in [0.2, 0.25) is 11.8 Å². The van der Waals surface area contributed by atoms with Gasteiger partial charge in [0.25, 0.3) is 0 Å².